The zero-order chi connectivity index (χ0) is 19.1. The van der Waals surface area contributed by atoms with Gasteiger partial charge in [-0.2, -0.15) is 0 Å². The van der Waals surface area contributed by atoms with Crippen LogP contribution in [0.5, 0.6) is 5.75 Å². The Morgan fingerprint density at radius 3 is 2.62 bits per heavy atom. The zero-order valence-electron chi connectivity index (χ0n) is 13.8. The van der Waals surface area contributed by atoms with Gasteiger partial charge in [0.25, 0.3) is 11.6 Å². The van der Waals surface area contributed by atoms with E-state index in [0.717, 1.165) is 16.1 Å². The lowest BCUT2D eigenvalue weighted by molar-refractivity contribution is -0.384. The van der Waals surface area contributed by atoms with Crippen LogP contribution in [0.25, 0.3) is 0 Å². The van der Waals surface area contributed by atoms with Gasteiger partial charge >= 0.3 is 0 Å². The van der Waals surface area contributed by atoms with Gasteiger partial charge in [0.2, 0.25) is 5.91 Å². The van der Waals surface area contributed by atoms with Crippen LogP contribution < -0.4 is 15.6 Å². The topological polar surface area (TPSA) is 111 Å². The van der Waals surface area contributed by atoms with Gasteiger partial charge in [0.15, 0.2) is 0 Å². The standard InChI is InChI=1S/C17H16BrN3O5/c1-26-15-7-5-11(9-14(15)18)6-8-16(22)19-20-17(23)12-3-2-4-13(10-12)21(24)25/h2-5,7,9-10H,6,8H2,1H3,(H,19,22)(H,20,23). The Balaban J connectivity index is 1.85. The van der Waals surface area contributed by atoms with Crippen LogP contribution in [-0.2, 0) is 11.2 Å². The van der Waals surface area contributed by atoms with Crippen LogP contribution in [-0.4, -0.2) is 23.8 Å². The molecule has 2 aromatic rings. The quantitative estimate of drug-likeness (QED) is 0.550. The van der Waals surface area contributed by atoms with Crippen LogP contribution in [0, 0.1) is 10.1 Å². The molecular formula is C17H16BrN3O5. The number of nitro groups is 1. The SMILES string of the molecule is COc1ccc(CCC(=O)NNC(=O)c2cccc([N+](=O)[O-])c2)cc1Br. The molecule has 0 aliphatic heterocycles. The van der Waals surface area contributed by atoms with Crippen molar-refractivity contribution in [1.29, 1.82) is 0 Å². The van der Waals surface area contributed by atoms with Gasteiger partial charge in [0.1, 0.15) is 5.75 Å². The second kappa shape index (κ2) is 8.95. The lowest BCUT2D eigenvalue weighted by atomic mass is 10.1. The molecule has 0 spiro atoms. The van der Waals surface area contributed by atoms with Crippen LogP contribution in [0.15, 0.2) is 46.9 Å². The minimum atomic E-state index is -0.630. The number of halogens is 1. The molecule has 9 heteroatoms. The van der Waals surface area contributed by atoms with Gasteiger partial charge in [-0.15, -0.1) is 0 Å². The van der Waals surface area contributed by atoms with Crippen LogP contribution in [0.4, 0.5) is 5.69 Å². The fourth-order valence-corrected chi connectivity index (χ4v) is 2.73. The number of amides is 2. The minimum Gasteiger partial charge on any atom is -0.496 e. The molecule has 0 unspecified atom stereocenters. The third kappa shape index (κ3) is 5.28. The number of carbonyl (C=O) groups excluding carboxylic acids is 2. The lowest BCUT2D eigenvalue weighted by Crippen LogP contribution is -2.41. The van der Waals surface area contributed by atoms with Crippen molar-refractivity contribution in [3.05, 3.63) is 68.2 Å². The Kier molecular flexibility index (Phi) is 6.67. The Morgan fingerprint density at radius 2 is 1.96 bits per heavy atom. The van der Waals surface area contributed by atoms with E-state index >= 15 is 0 Å². The zero-order valence-corrected chi connectivity index (χ0v) is 15.4. The van der Waals surface area contributed by atoms with E-state index in [1.807, 2.05) is 12.1 Å². The average molecular weight is 422 g/mol. The van der Waals surface area contributed by atoms with Crippen molar-refractivity contribution >= 4 is 33.4 Å². The first kappa shape index (κ1) is 19.4. The summed E-state index contributed by atoms with van der Waals surface area (Å²) < 4.78 is 5.93. The van der Waals surface area contributed by atoms with Crippen molar-refractivity contribution in [1.82, 2.24) is 10.9 Å². The van der Waals surface area contributed by atoms with Crippen molar-refractivity contribution in [2.24, 2.45) is 0 Å². The van der Waals surface area contributed by atoms with Gasteiger partial charge in [0, 0.05) is 24.1 Å². The molecule has 0 bridgehead atoms. The Labute approximate surface area is 157 Å². The third-order valence-corrected chi connectivity index (χ3v) is 4.11. The molecule has 0 atom stereocenters. The number of nitro benzene ring substituents is 1. The summed E-state index contributed by atoms with van der Waals surface area (Å²) in [4.78, 5) is 33.9. The van der Waals surface area contributed by atoms with Gasteiger partial charge in [-0.3, -0.25) is 30.6 Å². The number of methoxy groups -OCH3 is 1. The Morgan fingerprint density at radius 1 is 1.19 bits per heavy atom. The number of hydrazine groups is 1. The number of rotatable bonds is 6. The maximum Gasteiger partial charge on any atom is 0.270 e. The Hall–Kier alpha value is -2.94. The number of hydrogen-bond acceptors (Lipinski definition) is 5. The van der Waals surface area contributed by atoms with E-state index < -0.39 is 10.8 Å². The number of non-ortho nitro benzene ring substituents is 1. The van der Waals surface area contributed by atoms with Gasteiger partial charge < -0.3 is 4.74 Å². The number of nitrogens with zero attached hydrogens (tertiary/aromatic N) is 1. The molecular weight excluding hydrogens is 406 g/mol. The van der Waals surface area contributed by atoms with E-state index in [0.29, 0.717) is 12.2 Å². The minimum absolute atomic E-state index is 0.0820. The Bertz CT molecular complexity index is 841. The van der Waals surface area contributed by atoms with Crippen LogP contribution in [0.2, 0.25) is 0 Å². The first-order chi connectivity index (χ1) is 12.4. The molecule has 0 aliphatic carbocycles. The maximum atomic E-state index is 11.9. The van der Waals surface area contributed by atoms with E-state index in [9.17, 15) is 19.7 Å². The maximum absolute atomic E-state index is 11.9. The highest BCUT2D eigenvalue weighted by molar-refractivity contribution is 9.10. The number of carbonyl (C=O) groups is 2. The van der Waals surface area contributed by atoms with Gasteiger partial charge in [0.05, 0.1) is 16.5 Å². The molecule has 0 fully saturated rings. The summed E-state index contributed by atoms with van der Waals surface area (Å²) >= 11 is 3.38. The van der Waals surface area contributed by atoms with Crippen LogP contribution in [0.1, 0.15) is 22.3 Å². The number of nitrogens with one attached hydrogen (secondary N) is 2. The normalized spacial score (nSPS) is 10.1. The summed E-state index contributed by atoms with van der Waals surface area (Å²) in [5, 5.41) is 10.7. The van der Waals surface area contributed by atoms with Crippen molar-refractivity contribution < 1.29 is 19.2 Å². The van der Waals surface area contributed by atoms with Gasteiger partial charge in [-0.05, 0) is 46.1 Å². The fraction of sp³-hybridized carbons (Fsp3) is 0.176. The molecule has 2 N–H and O–H groups in total. The summed E-state index contributed by atoms with van der Waals surface area (Å²) in [6, 6.07) is 10.7. The molecule has 0 saturated carbocycles. The predicted octanol–water partition coefficient (Wildman–Crippen LogP) is 2.76. The first-order valence-corrected chi connectivity index (χ1v) is 8.36. The second-order valence-electron chi connectivity index (χ2n) is 5.28. The molecule has 0 aliphatic rings. The summed E-state index contributed by atoms with van der Waals surface area (Å²) in [6.45, 7) is 0. The molecule has 0 aromatic heterocycles. The molecule has 26 heavy (non-hydrogen) atoms. The highest BCUT2D eigenvalue weighted by atomic mass is 79.9. The van der Waals surface area contributed by atoms with E-state index in [2.05, 4.69) is 26.8 Å². The highest BCUT2D eigenvalue weighted by Crippen LogP contribution is 2.25. The lowest BCUT2D eigenvalue weighted by Gasteiger charge is -2.08. The molecule has 0 saturated heterocycles. The number of hydrogen-bond donors (Lipinski definition) is 2. The predicted molar refractivity (Wildman–Crippen MR) is 97.7 cm³/mol. The average Bonchev–Trinajstić information content (AvgIpc) is 2.64. The molecule has 2 aromatic carbocycles. The van der Waals surface area contributed by atoms with Gasteiger partial charge in [-0.1, -0.05) is 12.1 Å². The summed E-state index contributed by atoms with van der Waals surface area (Å²) in [5.41, 5.74) is 5.34. The van der Waals surface area contributed by atoms with E-state index in [1.54, 1.807) is 13.2 Å². The van der Waals surface area contributed by atoms with E-state index in [1.165, 1.54) is 18.2 Å². The molecule has 2 rings (SSSR count). The monoisotopic (exact) mass is 421 g/mol. The molecule has 2 amide bonds. The van der Waals surface area contributed by atoms with E-state index in [-0.39, 0.29) is 23.6 Å². The summed E-state index contributed by atoms with van der Waals surface area (Å²) in [6.07, 6.45) is 0.634. The first-order valence-electron chi connectivity index (χ1n) is 7.56. The fourth-order valence-electron chi connectivity index (χ4n) is 2.15. The molecule has 8 nitrogen and oxygen atoms in total. The smallest absolute Gasteiger partial charge is 0.270 e. The molecule has 0 radical (unpaired) electrons. The number of ether oxygens (including phenoxy) is 1. The second-order valence-corrected chi connectivity index (χ2v) is 6.13. The van der Waals surface area contributed by atoms with Crippen molar-refractivity contribution in [2.75, 3.05) is 7.11 Å². The van der Waals surface area contributed by atoms with Crippen LogP contribution >= 0.6 is 15.9 Å². The number of benzene rings is 2. The third-order valence-electron chi connectivity index (χ3n) is 3.49. The highest BCUT2D eigenvalue weighted by Gasteiger charge is 2.12. The summed E-state index contributed by atoms with van der Waals surface area (Å²) in [5.74, 6) is -0.313. The van der Waals surface area contributed by atoms with Crippen molar-refractivity contribution in [3.63, 3.8) is 0 Å². The summed E-state index contributed by atoms with van der Waals surface area (Å²) in [7, 11) is 1.57. The molecule has 136 valence electrons. The van der Waals surface area contributed by atoms with Crippen molar-refractivity contribution in [3.8, 4) is 5.75 Å². The number of aryl methyl sites for hydroxylation is 1. The van der Waals surface area contributed by atoms with Gasteiger partial charge in [-0.25, -0.2) is 0 Å². The largest absolute Gasteiger partial charge is 0.496 e. The van der Waals surface area contributed by atoms with Crippen molar-refractivity contribution in [2.45, 2.75) is 12.8 Å². The molecule has 0 heterocycles. The van der Waals surface area contributed by atoms with Crippen LogP contribution in [0.3, 0.4) is 0 Å². The van der Waals surface area contributed by atoms with E-state index in [4.69, 9.17) is 4.74 Å².